The molecular weight excluding hydrogens is 344 g/mol. The monoisotopic (exact) mass is 366 g/mol. The molecule has 0 aromatic heterocycles. The maximum Gasteiger partial charge on any atom is 0.337 e. The van der Waals surface area contributed by atoms with Crippen LogP contribution in [0.4, 0.5) is 11.4 Å². The van der Waals surface area contributed by atoms with Gasteiger partial charge in [0.25, 0.3) is 0 Å². The first-order valence-corrected chi connectivity index (χ1v) is 8.79. The Morgan fingerprint density at radius 2 is 1.89 bits per heavy atom. The maximum atomic E-state index is 13.0. The molecule has 2 aromatic carbocycles. The first-order chi connectivity index (χ1) is 12.9. The van der Waals surface area contributed by atoms with Crippen molar-refractivity contribution >= 4 is 29.2 Å². The summed E-state index contributed by atoms with van der Waals surface area (Å²) < 4.78 is 4.73. The van der Waals surface area contributed by atoms with Crippen molar-refractivity contribution in [2.75, 3.05) is 23.5 Å². The van der Waals surface area contributed by atoms with Crippen LogP contribution in [0.15, 0.2) is 48.5 Å². The zero-order valence-corrected chi connectivity index (χ0v) is 15.6. The predicted octanol–water partition coefficient (Wildman–Crippen LogP) is 2.80. The largest absolute Gasteiger partial charge is 0.465 e. The van der Waals surface area contributed by atoms with E-state index in [4.69, 9.17) is 4.74 Å². The molecule has 1 heterocycles. The highest BCUT2D eigenvalue weighted by atomic mass is 16.5. The average molecular weight is 366 g/mol. The van der Waals surface area contributed by atoms with Crippen molar-refractivity contribution in [1.82, 2.24) is 0 Å². The molecule has 2 aromatic rings. The molecule has 3 rings (SSSR count). The second kappa shape index (κ2) is 7.61. The van der Waals surface area contributed by atoms with Gasteiger partial charge in [-0.25, -0.2) is 4.79 Å². The zero-order valence-electron chi connectivity index (χ0n) is 15.6. The standard InChI is InChI=1S/C21H22N2O4/c1-14-11-16-7-4-5-10-19(16)23(14)20(25)13-22(15(2)24)18-9-6-8-17(12-18)21(26)27-3/h4-10,12,14H,11,13H2,1-3H3. The van der Waals surface area contributed by atoms with Crippen LogP contribution in [0.5, 0.6) is 0 Å². The summed E-state index contributed by atoms with van der Waals surface area (Å²) in [5.41, 5.74) is 2.83. The number of para-hydroxylation sites is 1. The number of methoxy groups -OCH3 is 1. The van der Waals surface area contributed by atoms with Gasteiger partial charge in [0.2, 0.25) is 11.8 Å². The topological polar surface area (TPSA) is 66.9 Å². The summed E-state index contributed by atoms with van der Waals surface area (Å²) in [6.45, 7) is 3.30. The third kappa shape index (κ3) is 3.69. The molecule has 0 radical (unpaired) electrons. The third-order valence-electron chi connectivity index (χ3n) is 4.73. The van der Waals surface area contributed by atoms with Gasteiger partial charge in [0.1, 0.15) is 6.54 Å². The predicted molar refractivity (Wildman–Crippen MR) is 103 cm³/mol. The molecule has 1 aliphatic heterocycles. The number of esters is 1. The van der Waals surface area contributed by atoms with E-state index in [1.165, 1.54) is 18.9 Å². The Morgan fingerprint density at radius 1 is 1.15 bits per heavy atom. The Balaban J connectivity index is 1.86. The fraction of sp³-hybridized carbons (Fsp3) is 0.286. The van der Waals surface area contributed by atoms with Crippen molar-refractivity contribution in [2.45, 2.75) is 26.3 Å². The third-order valence-corrected chi connectivity index (χ3v) is 4.73. The van der Waals surface area contributed by atoms with Crippen LogP contribution in [0.2, 0.25) is 0 Å². The number of carbonyl (C=O) groups is 3. The van der Waals surface area contributed by atoms with Gasteiger partial charge in [-0.05, 0) is 43.2 Å². The second-order valence-corrected chi connectivity index (χ2v) is 6.59. The molecule has 27 heavy (non-hydrogen) atoms. The molecule has 0 saturated heterocycles. The van der Waals surface area contributed by atoms with Gasteiger partial charge in [-0.1, -0.05) is 24.3 Å². The van der Waals surface area contributed by atoms with Gasteiger partial charge in [-0.2, -0.15) is 0 Å². The van der Waals surface area contributed by atoms with Crippen molar-refractivity contribution in [3.8, 4) is 0 Å². The van der Waals surface area contributed by atoms with Crippen LogP contribution in [0.25, 0.3) is 0 Å². The smallest absolute Gasteiger partial charge is 0.337 e. The molecule has 2 amide bonds. The van der Waals surface area contributed by atoms with Gasteiger partial charge in [0.05, 0.1) is 12.7 Å². The van der Waals surface area contributed by atoms with E-state index >= 15 is 0 Å². The van der Waals surface area contributed by atoms with E-state index in [0.29, 0.717) is 11.3 Å². The summed E-state index contributed by atoms with van der Waals surface area (Å²) >= 11 is 0. The highest BCUT2D eigenvalue weighted by molar-refractivity contribution is 6.04. The summed E-state index contributed by atoms with van der Waals surface area (Å²) in [7, 11) is 1.30. The van der Waals surface area contributed by atoms with Gasteiger partial charge < -0.3 is 14.5 Å². The molecule has 0 spiro atoms. The van der Waals surface area contributed by atoms with Gasteiger partial charge in [0, 0.05) is 24.3 Å². The van der Waals surface area contributed by atoms with E-state index in [-0.39, 0.29) is 24.4 Å². The van der Waals surface area contributed by atoms with Crippen LogP contribution < -0.4 is 9.80 Å². The van der Waals surface area contributed by atoms with Crippen molar-refractivity contribution < 1.29 is 19.1 Å². The lowest BCUT2D eigenvalue weighted by atomic mass is 10.1. The molecule has 1 aliphatic rings. The molecule has 1 unspecified atom stereocenters. The van der Waals surface area contributed by atoms with E-state index < -0.39 is 5.97 Å². The average Bonchev–Trinajstić information content (AvgIpc) is 3.00. The van der Waals surface area contributed by atoms with E-state index in [9.17, 15) is 14.4 Å². The van der Waals surface area contributed by atoms with Gasteiger partial charge in [-0.3, -0.25) is 9.59 Å². The van der Waals surface area contributed by atoms with Gasteiger partial charge in [-0.15, -0.1) is 0 Å². The van der Waals surface area contributed by atoms with Crippen molar-refractivity contribution in [3.63, 3.8) is 0 Å². The normalized spacial score (nSPS) is 15.2. The molecule has 0 fully saturated rings. The molecule has 6 heteroatoms. The van der Waals surface area contributed by atoms with Crippen LogP contribution in [0.1, 0.15) is 29.8 Å². The minimum Gasteiger partial charge on any atom is -0.465 e. The Kier molecular flexibility index (Phi) is 5.26. The lowest BCUT2D eigenvalue weighted by Crippen LogP contribution is -2.44. The van der Waals surface area contributed by atoms with Gasteiger partial charge >= 0.3 is 5.97 Å². The Morgan fingerprint density at radius 3 is 2.59 bits per heavy atom. The highest BCUT2D eigenvalue weighted by Crippen LogP contribution is 2.32. The van der Waals surface area contributed by atoms with E-state index in [2.05, 4.69) is 0 Å². The molecule has 1 atom stereocenters. The van der Waals surface area contributed by atoms with Crippen molar-refractivity contribution in [3.05, 3.63) is 59.7 Å². The van der Waals surface area contributed by atoms with E-state index in [0.717, 1.165) is 17.7 Å². The summed E-state index contributed by atoms with van der Waals surface area (Å²) in [6.07, 6.45) is 0.791. The maximum absolute atomic E-state index is 13.0. The number of rotatable bonds is 4. The second-order valence-electron chi connectivity index (χ2n) is 6.59. The molecular formula is C21H22N2O4. The number of nitrogens with zero attached hydrogens (tertiary/aromatic N) is 2. The molecule has 0 saturated carbocycles. The minimum absolute atomic E-state index is 0.0325. The number of anilines is 2. The van der Waals surface area contributed by atoms with Crippen LogP contribution in [-0.2, 0) is 20.7 Å². The molecule has 6 nitrogen and oxygen atoms in total. The summed E-state index contributed by atoms with van der Waals surface area (Å²) in [4.78, 5) is 40.1. The van der Waals surface area contributed by atoms with Crippen LogP contribution in [0, 0.1) is 0 Å². The molecule has 140 valence electrons. The number of fused-ring (bicyclic) bond motifs is 1. The molecule has 0 bridgehead atoms. The lowest BCUT2D eigenvalue weighted by molar-refractivity contribution is -0.121. The fourth-order valence-corrected chi connectivity index (χ4v) is 3.46. The van der Waals surface area contributed by atoms with Crippen LogP contribution in [-0.4, -0.2) is 37.5 Å². The number of amides is 2. The van der Waals surface area contributed by atoms with Crippen molar-refractivity contribution in [2.24, 2.45) is 0 Å². The summed E-state index contributed by atoms with van der Waals surface area (Å²) in [5.74, 6) is -0.926. The zero-order chi connectivity index (χ0) is 19.6. The SMILES string of the molecule is COC(=O)c1cccc(N(CC(=O)N2c3ccccc3CC2C)C(C)=O)c1. The first-order valence-electron chi connectivity index (χ1n) is 8.79. The Labute approximate surface area is 158 Å². The lowest BCUT2D eigenvalue weighted by Gasteiger charge is -2.27. The summed E-state index contributed by atoms with van der Waals surface area (Å²) in [6, 6.07) is 14.4. The molecule has 0 N–H and O–H groups in total. The van der Waals surface area contributed by atoms with E-state index in [1.807, 2.05) is 31.2 Å². The number of benzene rings is 2. The molecule has 0 aliphatic carbocycles. The highest BCUT2D eigenvalue weighted by Gasteiger charge is 2.32. The Hall–Kier alpha value is -3.15. The quantitative estimate of drug-likeness (QED) is 0.781. The minimum atomic E-state index is -0.492. The number of hydrogen-bond donors (Lipinski definition) is 0. The van der Waals surface area contributed by atoms with E-state index in [1.54, 1.807) is 29.2 Å². The number of carbonyl (C=O) groups excluding carboxylic acids is 3. The Bertz CT molecular complexity index is 893. The fourth-order valence-electron chi connectivity index (χ4n) is 3.46. The number of hydrogen-bond acceptors (Lipinski definition) is 4. The van der Waals surface area contributed by atoms with Crippen molar-refractivity contribution in [1.29, 1.82) is 0 Å². The van der Waals surface area contributed by atoms with Gasteiger partial charge in [0.15, 0.2) is 0 Å². The van der Waals surface area contributed by atoms with Crippen LogP contribution >= 0.6 is 0 Å². The summed E-state index contributed by atoms with van der Waals surface area (Å²) in [5, 5.41) is 0. The number of ether oxygens (including phenoxy) is 1. The van der Waals surface area contributed by atoms with Crippen LogP contribution in [0.3, 0.4) is 0 Å². The first kappa shape index (κ1) is 18.6.